The molecule has 1 heterocycles. The molecular formula is C16H23BrN2O. The molecule has 1 saturated heterocycles. The average molecular weight is 339 g/mol. The number of carbonyl (C=O) groups is 1. The number of hydrogen-bond donors (Lipinski definition) is 1. The summed E-state index contributed by atoms with van der Waals surface area (Å²) in [7, 11) is 1.89. The Balaban J connectivity index is 1.76. The summed E-state index contributed by atoms with van der Waals surface area (Å²) in [6, 6.07) is 8.13. The van der Waals surface area contributed by atoms with Crippen molar-refractivity contribution in [2.45, 2.75) is 32.2 Å². The Bertz CT molecular complexity index is 444. The van der Waals surface area contributed by atoms with Gasteiger partial charge in [0, 0.05) is 24.5 Å². The molecule has 20 heavy (non-hydrogen) atoms. The van der Waals surface area contributed by atoms with Crippen LogP contribution in [0.3, 0.4) is 0 Å². The van der Waals surface area contributed by atoms with Crippen molar-refractivity contribution in [1.29, 1.82) is 0 Å². The lowest BCUT2D eigenvalue weighted by Crippen LogP contribution is -2.30. The van der Waals surface area contributed by atoms with Gasteiger partial charge in [-0.25, -0.2) is 0 Å². The summed E-state index contributed by atoms with van der Waals surface area (Å²) >= 11 is 3.46. The fourth-order valence-corrected chi connectivity index (χ4v) is 3.13. The second-order valence-electron chi connectivity index (χ2n) is 5.61. The molecule has 1 amide bonds. The summed E-state index contributed by atoms with van der Waals surface area (Å²) in [6.45, 7) is 2.89. The van der Waals surface area contributed by atoms with E-state index in [1.807, 2.05) is 24.1 Å². The predicted molar refractivity (Wildman–Crippen MR) is 85.4 cm³/mol. The van der Waals surface area contributed by atoms with E-state index in [9.17, 15) is 4.79 Å². The van der Waals surface area contributed by atoms with Crippen LogP contribution < -0.4 is 5.32 Å². The number of piperidine rings is 1. The van der Waals surface area contributed by atoms with E-state index in [-0.39, 0.29) is 5.91 Å². The Kier molecular flexibility index (Phi) is 6.05. The zero-order valence-electron chi connectivity index (χ0n) is 12.1. The van der Waals surface area contributed by atoms with Crippen molar-refractivity contribution in [3.8, 4) is 0 Å². The Morgan fingerprint density at radius 1 is 1.40 bits per heavy atom. The summed E-state index contributed by atoms with van der Waals surface area (Å²) in [5, 5.41) is 3.36. The quantitative estimate of drug-likeness (QED) is 0.894. The maximum absolute atomic E-state index is 12.2. The van der Waals surface area contributed by atoms with Crippen molar-refractivity contribution in [2.24, 2.45) is 5.92 Å². The van der Waals surface area contributed by atoms with Crippen LogP contribution in [0.4, 0.5) is 0 Å². The minimum Gasteiger partial charge on any atom is -0.341 e. The molecule has 0 atom stereocenters. The smallest absolute Gasteiger partial charge is 0.222 e. The third kappa shape index (κ3) is 4.91. The molecule has 1 N–H and O–H groups in total. The highest BCUT2D eigenvalue weighted by Crippen LogP contribution is 2.19. The summed E-state index contributed by atoms with van der Waals surface area (Å²) in [4.78, 5) is 14.0. The molecule has 0 saturated carbocycles. The molecule has 0 unspecified atom stereocenters. The van der Waals surface area contributed by atoms with Crippen LogP contribution in [-0.4, -0.2) is 30.9 Å². The van der Waals surface area contributed by atoms with Crippen LogP contribution in [-0.2, 0) is 11.3 Å². The number of amides is 1. The Labute approximate surface area is 129 Å². The monoisotopic (exact) mass is 338 g/mol. The van der Waals surface area contributed by atoms with Crippen LogP contribution in [0, 0.1) is 5.92 Å². The molecule has 1 fully saturated rings. The zero-order chi connectivity index (χ0) is 14.4. The third-order valence-corrected chi connectivity index (χ3v) is 4.45. The maximum Gasteiger partial charge on any atom is 0.222 e. The number of rotatable bonds is 5. The predicted octanol–water partition coefficient (Wildman–Crippen LogP) is 3.19. The molecule has 0 aliphatic carbocycles. The number of halogens is 1. The van der Waals surface area contributed by atoms with E-state index in [4.69, 9.17) is 0 Å². The van der Waals surface area contributed by atoms with Crippen LogP contribution >= 0.6 is 15.9 Å². The largest absolute Gasteiger partial charge is 0.341 e. The summed E-state index contributed by atoms with van der Waals surface area (Å²) in [5.41, 5.74) is 1.16. The van der Waals surface area contributed by atoms with Crippen LogP contribution in [0.5, 0.6) is 0 Å². The van der Waals surface area contributed by atoms with Crippen molar-refractivity contribution in [2.75, 3.05) is 20.1 Å². The Morgan fingerprint density at radius 2 is 2.15 bits per heavy atom. The standard InChI is InChI=1S/C16H23BrN2O/c1-19(12-14-3-2-4-15(17)11-14)16(20)6-5-13-7-9-18-10-8-13/h2-4,11,13,18H,5-10,12H2,1H3. The molecule has 1 aliphatic heterocycles. The lowest BCUT2D eigenvalue weighted by atomic mass is 9.93. The van der Waals surface area contributed by atoms with E-state index in [0.717, 1.165) is 35.5 Å². The minimum absolute atomic E-state index is 0.253. The van der Waals surface area contributed by atoms with Gasteiger partial charge >= 0.3 is 0 Å². The van der Waals surface area contributed by atoms with Crippen molar-refractivity contribution < 1.29 is 4.79 Å². The molecule has 1 aromatic carbocycles. The molecule has 4 heteroatoms. The first-order valence-corrected chi connectivity index (χ1v) is 8.13. The summed E-state index contributed by atoms with van der Waals surface area (Å²) < 4.78 is 1.06. The highest BCUT2D eigenvalue weighted by Gasteiger charge is 2.16. The van der Waals surface area contributed by atoms with Gasteiger partial charge in [-0.05, 0) is 56.0 Å². The third-order valence-electron chi connectivity index (χ3n) is 3.96. The Morgan fingerprint density at radius 3 is 2.85 bits per heavy atom. The second kappa shape index (κ2) is 7.79. The molecule has 3 nitrogen and oxygen atoms in total. The van der Waals surface area contributed by atoms with E-state index < -0.39 is 0 Å². The van der Waals surface area contributed by atoms with Crippen LogP contribution in [0.25, 0.3) is 0 Å². The average Bonchev–Trinajstić information content (AvgIpc) is 2.46. The Hall–Kier alpha value is -0.870. The normalized spacial score (nSPS) is 16.1. The number of benzene rings is 1. The van der Waals surface area contributed by atoms with Crippen LogP contribution in [0.1, 0.15) is 31.2 Å². The van der Waals surface area contributed by atoms with Crippen molar-refractivity contribution in [3.05, 3.63) is 34.3 Å². The molecule has 110 valence electrons. The fraction of sp³-hybridized carbons (Fsp3) is 0.562. The van der Waals surface area contributed by atoms with Crippen molar-refractivity contribution >= 4 is 21.8 Å². The van der Waals surface area contributed by atoms with E-state index in [1.165, 1.54) is 12.8 Å². The minimum atomic E-state index is 0.253. The van der Waals surface area contributed by atoms with E-state index in [0.29, 0.717) is 13.0 Å². The highest BCUT2D eigenvalue weighted by atomic mass is 79.9. The molecule has 1 aromatic rings. The van der Waals surface area contributed by atoms with Crippen LogP contribution in [0.15, 0.2) is 28.7 Å². The zero-order valence-corrected chi connectivity index (χ0v) is 13.7. The van der Waals surface area contributed by atoms with E-state index in [1.54, 1.807) is 0 Å². The van der Waals surface area contributed by atoms with Gasteiger partial charge in [0.2, 0.25) is 5.91 Å². The number of nitrogens with one attached hydrogen (secondary N) is 1. The lowest BCUT2D eigenvalue weighted by molar-refractivity contribution is -0.130. The molecule has 0 spiro atoms. The SMILES string of the molecule is CN(Cc1cccc(Br)c1)C(=O)CCC1CCNCC1. The van der Waals surface area contributed by atoms with E-state index in [2.05, 4.69) is 33.4 Å². The summed E-state index contributed by atoms with van der Waals surface area (Å²) in [5.74, 6) is 0.975. The summed E-state index contributed by atoms with van der Waals surface area (Å²) in [6.07, 6.45) is 4.13. The first-order chi connectivity index (χ1) is 9.65. The number of carbonyl (C=O) groups excluding carboxylic acids is 1. The molecule has 0 radical (unpaired) electrons. The molecular weight excluding hydrogens is 316 g/mol. The van der Waals surface area contributed by atoms with Gasteiger partial charge in [0.15, 0.2) is 0 Å². The van der Waals surface area contributed by atoms with Gasteiger partial charge in [0.05, 0.1) is 0 Å². The van der Waals surface area contributed by atoms with E-state index >= 15 is 0 Å². The highest BCUT2D eigenvalue weighted by molar-refractivity contribution is 9.10. The van der Waals surface area contributed by atoms with Crippen molar-refractivity contribution in [3.63, 3.8) is 0 Å². The topological polar surface area (TPSA) is 32.3 Å². The molecule has 2 rings (SSSR count). The second-order valence-corrected chi connectivity index (χ2v) is 6.53. The first-order valence-electron chi connectivity index (χ1n) is 7.34. The lowest BCUT2D eigenvalue weighted by Gasteiger charge is -2.23. The first kappa shape index (κ1) is 15.5. The van der Waals surface area contributed by atoms with Gasteiger partial charge in [0.25, 0.3) is 0 Å². The van der Waals surface area contributed by atoms with Gasteiger partial charge in [-0.15, -0.1) is 0 Å². The number of nitrogens with zero attached hydrogens (tertiary/aromatic N) is 1. The van der Waals surface area contributed by atoms with Gasteiger partial charge < -0.3 is 10.2 Å². The maximum atomic E-state index is 12.2. The fourth-order valence-electron chi connectivity index (χ4n) is 2.69. The van der Waals surface area contributed by atoms with Gasteiger partial charge in [-0.2, -0.15) is 0 Å². The van der Waals surface area contributed by atoms with Crippen LogP contribution in [0.2, 0.25) is 0 Å². The molecule has 0 aromatic heterocycles. The van der Waals surface area contributed by atoms with Gasteiger partial charge in [-0.1, -0.05) is 28.1 Å². The number of hydrogen-bond acceptors (Lipinski definition) is 2. The van der Waals surface area contributed by atoms with Gasteiger partial charge in [-0.3, -0.25) is 4.79 Å². The molecule has 0 bridgehead atoms. The van der Waals surface area contributed by atoms with Gasteiger partial charge in [0.1, 0.15) is 0 Å². The van der Waals surface area contributed by atoms with Crippen molar-refractivity contribution in [1.82, 2.24) is 10.2 Å². The molecule has 1 aliphatic rings.